The monoisotopic (exact) mass is 227 g/mol. The summed E-state index contributed by atoms with van der Waals surface area (Å²) < 4.78 is 14.8. The van der Waals surface area contributed by atoms with Gasteiger partial charge in [-0.05, 0) is 12.1 Å². The van der Waals surface area contributed by atoms with Crippen LogP contribution in [0.3, 0.4) is 0 Å². The van der Waals surface area contributed by atoms with Gasteiger partial charge in [-0.3, -0.25) is 0 Å². The molecule has 0 aliphatic rings. The van der Waals surface area contributed by atoms with Crippen molar-refractivity contribution in [2.75, 3.05) is 0 Å². The molecule has 1 heterocycles. The van der Waals surface area contributed by atoms with Crippen molar-refractivity contribution >= 4 is 28.5 Å². The number of aromatic nitrogens is 1. The van der Waals surface area contributed by atoms with Gasteiger partial charge in [0.25, 0.3) is 0 Å². The van der Waals surface area contributed by atoms with Crippen molar-refractivity contribution in [3.63, 3.8) is 0 Å². The molecule has 0 spiro atoms. The van der Waals surface area contributed by atoms with Crippen molar-refractivity contribution in [3.8, 4) is 0 Å². The minimum Gasteiger partial charge on any atom is -0.477 e. The lowest BCUT2D eigenvalue weighted by molar-refractivity contribution is 0.0687. The molecule has 0 atom stereocenters. The van der Waals surface area contributed by atoms with Crippen molar-refractivity contribution in [2.24, 2.45) is 7.05 Å². The smallest absolute Gasteiger partial charge is 0.354 e. The maximum absolute atomic E-state index is 13.4. The van der Waals surface area contributed by atoms with E-state index in [1.165, 1.54) is 23.7 Å². The molecule has 0 saturated heterocycles. The summed E-state index contributed by atoms with van der Waals surface area (Å²) in [4.78, 5) is 10.9. The standard InChI is InChI=1S/C10H7ClFNO2/c1-13-6-4-2-3-5(12)7(6)8(11)9(13)10(14)15/h2-4H,1H3,(H,14,15). The summed E-state index contributed by atoms with van der Waals surface area (Å²) in [6.07, 6.45) is 0. The summed E-state index contributed by atoms with van der Waals surface area (Å²) in [6.45, 7) is 0. The predicted molar refractivity (Wildman–Crippen MR) is 54.8 cm³/mol. The number of halogens is 2. The van der Waals surface area contributed by atoms with E-state index in [-0.39, 0.29) is 16.1 Å². The zero-order valence-corrected chi connectivity index (χ0v) is 8.55. The number of hydrogen-bond donors (Lipinski definition) is 1. The van der Waals surface area contributed by atoms with Crippen LogP contribution in [-0.4, -0.2) is 15.6 Å². The SMILES string of the molecule is Cn1c(C(=O)O)c(Cl)c2c(F)cccc21. The Hall–Kier alpha value is -1.55. The molecular formula is C10H7ClFNO2. The van der Waals surface area contributed by atoms with Gasteiger partial charge >= 0.3 is 5.97 Å². The molecule has 5 heteroatoms. The molecule has 0 unspecified atom stereocenters. The fourth-order valence-corrected chi connectivity index (χ4v) is 2.03. The van der Waals surface area contributed by atoms with Crippen LogP contribution in [0.25, 0.3) is 10.9 Å². The summed E-state index contributed by atoms with van der Waals surface area (Å²) in [5, 5.41) is 9.01. The summed E-state index contributed by atoms with van der Waals surface area (Å²) >= 11 is 5.82. The molecule has 2 rings (SSSR count). The number of rotatable bonds is 1. The minimum absolute atomic E-state index is 0.0573. The first-order valence-electron chi connectivity index (χ1n) is 4.19. The molecule has 78 valence electrons. The Morgan fingerprint density at radius 3 is 2.73 bits per heavy atom. The Morgan fingerprint density at radius 1 is 1.53 bits per heavy atom. The molecule has 0 bridgehead atoms. The molecule has 3 nitrogen and oxygen atoms in total. The van der Waals surface area contributed by atoms with Crippen LogP contribution in [0.1, 0.15) is 10.5 Å². The molecule has 0 aliphatic carbocycles. The molecule has 0 amide bonds. The summed E-state index contributed by atoms with van der Waals surface area (Å²) in [5.74, 6) is -1.68. The Morgan fingerprint density at radius 2 is 2.20 bits per heavy atom. The highest BCUT2D eigenvalue weighted by molar-refractivity contribution is 6.38. The quantitative estimate of drug-likeness (QED) is 0.814. The molecule has 1 aromatic heterocycles. The zero-order valence-electron chi connectivity index (χ0n) is 7.79. The van der Waals surface area contributed by atoms with Gasteiger partial charge in [-0.15, -0.1) is 0 Å². The van der Waals surface area contributed by atoms with E-state index in [1.54, 1.807) is 6.07 Å². The van der Waals surface area contributed by atoms with Gasteiger partial charge in [-0.25, -0.2) is 9.18 Å². The fraction of sp³-hybridized carbons (Fsp3) is 0.100. The van der Waals surface area contributed by atoms with Crippen molar-refractivity contribution in [1.82, 2.24) is 4.57 Å². The number of carboxylic acids is 1. The average molecular weight is 228 g/mol. The van der Waals surface area contributed by atoms with Crippen LogP contribution in [0.15, 0.2) is 18.2 Å². The number of fused-ring (bicyclic) bond motifs is 1. The van der Waals surface area contributed by atoms with Crippen LogP contribution in [0.4, 0.5) is 4.39 Å². The van der Waals surface area contributed by atoms with Crippen molar-refractivity contribution < 1.29 is 14.3 Å². The molecule has 15 heavy (non-hydrogen) atoms. The molecule has 2 aromatic rings. The topological polar surface area (TPSA) is 42.2 Å². The summed E-state index contributed by atoms with van der Waals surface area (Å²) in [6, 6.07) is 4.39. The number of carboxylic acid groups (broad SMARTS) is 1. The first kappa shape index (κ1) is 9.98. The van der Waals surface area contributed by atoms with E-state index in [0.717, 1.165) is 0 Å². The van der Waals surface area contributed by atoms with Crippen LogP contribution in [0.5, 0.6) is 0 Å². The first-order chi connectivity index (χ1) is 7.04. The van der Waals surface area contributed by atoms with Gasteiger partial charge < -0.3 is 9.67 Å². The van der Waals surface area contributed by atoms with Crippen LogP contribution in [0.2, 0.25) is 5.02 Å². The fourth-order valence-electron chi connectivity index (χ4n) is 1.63. The third-order valence-electron chi connectivity index (χ3n) is 2.32. The Bertz CT molecular complexity index is 562. The Labute approximate surface area is 89.7 Å². The number of aromatic carboxylic acids is 1. The highest BCUT2D eigenvalue weighted by Crippen LogP contribution is 2.31. The second-order valence-electron chi connectivity index (χ2n) is 3.16. The highest BCUT2D eigenvalue weighted by atomic mass is 35.5. The summed E-state index contributed by atoms with van der Waals surface area (Å²) in [5.41, 5.74) is 0.370. The van der Waals surface area contributed by atoms with E-state index in [1.807, 2.05) is 0 Å². The molecule has 0 fully saturated rings. The number of hydrogen-bond acceptors (Lipinski definition) is 1. The normalized spacial score (nSPS) is 10.9. The third kappa shape index (κ3) is 1.29. The van der Waals surface area contributed by atoms with Crippen molar-refractivity contribution in [1.29, 1.82) is 0 Å². The molecule has 1 N–H and O–H groups in total. The molecule has 0 radical (unpaired) electrons. The Kier molecular flexibility index (Phi) is 2.16. The first-order valence-corrected chi connectivity index (χ1v) is 4.57. The van der Waals surface area contributed by atoms with Gasteiger partial charge in [0.05, 0.1) is 15.9 Å². The van der Waals surface area contributed by atoms with Crippen LogP contribution < -0.4 is 0 Å². The van der Waals surface area contributed by atoms with E-state index in [2.05, 4.69) is 0 Å². The van der Waals surface area contributed by atoms with Gasteiger partial charge in [-0.1, -0.05) is 17.7 Å². The van der Waals surface area contributed by atoms with Gasteiger partial charge in [0.2, 0.25) is 0 Å². The van der Waals surface area contributed by atoms with Crippen LogP contribution in [0, 0.1) is 5.82 Å². The van der Waals surface area contributed by atoms with Gasteiger partial charge in [-0.2, -0.15) is 0 Å². The van der Waals surface area contributed by atoms with E-state index >= 15 is 0 Å². The number of carbonyl (C=O) groups is 1. The largest absolute Gasteiger partial charge is 0.477 e. The van der Waals surface area contributed by atoms with E-state index in [0.29, 0.717) is 5.52 Å². The van der Waals surface area contributed by atoms with Gasteiger partial charge in [0.1, 0.15) is 11.5 Å². The minimum atomic E-state index is -1.17. The van der Waals surface area contributed by atoms with Gasteiger partial charge in [0.15, 0.2) is 0 Å². The van der Waals surface area contributed by atoms with Crippen LogP contribution in [-0.2, 0) is 7.05 Å². The second-order valence-corrected chi connectivity index (χ2v) is 3.54. The number of nitrogens with zero attached hydrogens (tertiary/aromatic N) is 1. The van der Waals surface area contributed by atoms with Crippen molar-refractivity contribution in [3.05, 3.63) is 34.7 Å². The second kappa shape index (κ2) is 3.24. The summed E-state index contributed by atoms with van der Waals surface area (Å²) in [7, 11) is 1.54. The molecular weight excluding hydrogens is 221 g/mol. The van der Waals surface area contributed by atoms with Gasteiger partial charge in [0, 0.05) is 7.05 Å². The zero-order chi connectivity index (χ0) is 11.2. The lowest BCUT2D eigenvalue weighted by Gasteiger charge is -1.98. The van der Waals surface area contributed by atoms with Crippen molar-refractivity contribution in [2.45, 2.75) is 0 Å². The predicted octanol–water partition coefficient (Wildman–Crippen LogP) is 2.67. The lowest BCUT2D eigenvalue weighted by atomic mass is 10.2. The average Bonchev–Trinajstić information content (AvgIpc) is 2.40. The lowest BCUT2D eigenvalue weighted by Crippen LogP contribution is -2.04. The highest BCUT2D eigenvalue weighted by Gasteiger charge is 2.20. The van der Waals surface area contributed by atoms with E-state index in [4.69, 9.17) is 16.7 Å². The maximum atomic E-state index is 13.4. The molecule has 1 aromatic carbocycles. The van der Waals surface area contributed by atoms with E-state index < -0.39 is 11.8 Å². The molecule has 0 aliphatic heterocycles. The van der Waals surface area contributed by atoms with Crippen LogP contribution >= 0.6 is 11.6 Å². The number of aryl methyl sites for hydroxylation is 1. The third-order valence-corrected chi connectivity index (χ3v) is 2.69. The number of benzene rings is 1. The Balaban J connectivity index is 2.98. The molecule has 0 saturated carbocycles. The van der Waals surface area contributed by atoms with E-state index in [9.17, 15) is 9.18 Å². The maximum Gasteiger partial charge on any atom is 0.354 e.